The van der Waals surface area contributed by atoms with E-state index < -0.39 is 0 Å². The van der Waals surface area contributed by atoms with E-state index in [2.05, 4.69) is 25.6 Å². The average molecular weight is 364 g/mol. The first kappa shape index (κ1) is 16.2. The van der Waals surface area contributed by atoms with E-state index in [1.54, 1.807) is 12.3 Å². The third-order valence-electron chi connectivity index (χ3n) is 3.83. The normalized spacial score (nSPS) is 10.8. The second-order valence-corrected chi connectivity index (χ2v) is 6.67. The number of nitrogens with zero attached hydrogens (tertiary/aromatic N) is 4. The number of rotatable bonds is 4. The highest BCUT2D eigenvalue weighted by atomic mass is 32.1. The van der Waals surface area contributed by atoms with E-state index >= 15 is 0 Å². The lowest BCUT2D eigenvalue weighted by molar-refractivity contribution is 0.102. The minimum absolute atomic E-state index is 0.295. The van der Waals surface area contributed by atoms with E-state index in [9.17, 15) is 4.79 Å². The van der Waals surface area contributed by atoms with Gasteiger partial charge in [-0.15, -0.1) is 0 Å². The van der Waals surface area contributed by atoms with Gasteiger partial charge in [0.15, 0.2) is 16.6 Å². The number of carbonyl (C=O) groups is 1. The molecular weight excluding hydrogens is 348 g/mol. The summed E-state index contributed by atoms with van der Waals surface area (Å²) in [4.78, 5) is 26.9. The van der Waals surface area contributed by atoms with E-state index in [-0.39, 0.29) is 5.91 Å². The molecule has 26 heavy (non-hydrogen) atoms. The van der Waals surface area contributed by atoms with Crippen LogP contribution in [-0.2, 0) is 0 Å². The van der Waals surface area contributed by atoms with Crippen LogP contribution < -0.4 is 10.6 Å². The van der Waals surface area contributed by atoms with E-state index in [0.29, 0.717) is 17.3 Å². The van der Waals surface area contributed by atoms with Crippen LogP contribution in [0.5, 0.6) is 0 Å². The van der Waals surface area contributed by atoms with E-state index in [4.69, 9.17) is 0 Å². The molecule has 4 rings (SSSR count). The fourth-order valence-electron chi connectivity index (χ4n) is 2.66. The lowest BCUT2D eigenvalue weighted by Crippen LogP contribution is -2.14. The van der Waals surface area contributed by atoms with Gasteiger partial charge < -0.3 is 10.6 Å². The van der Waals surface area contributed by atoms with Crippen LogP contribution in [-0.4, -0.2) is 32.3 Å². The van der Waals surface area contributed by atoms with Crippen molar-refractivity contribution in [3.63, 3.8) is 0 Å². The number of nitrogens with one attached hydrogen (secondary N) is 2. The Balaban J connectivity index is 1.76. The zero-order chi connectivity index (χ0) is 18.1. The van der Waals surface area contributed by atoms with Crippen LogP contribution in [0.25, 0.3) is 16.2 Å². The van der Waals surface area contributed by atoms with Crippen molar-refractivity contribution in [3.8, 4) is 10.7 Å². The molecule has 8 heteroatoms. The molecule has 0 aliphatic carbocycles. The van der Waals surface area contributed by atoms with Crippen molar-refractivity contribution in [2.75, 3.05) is 17.7 Å². The molecule has 4 heterocycles. The first-order valence-corrected chi connectivity index (χ1v) is 8.83. The lowest BCUT2D eigenvalue weighted by Gasteiger charge is -2.03. The first-order valence-electron chi connectivity index (χ1n) is 8.02. The smallest absolute Gasteiger partial charge is 0.277 e. The van der Waals surface area contributed by atoms with Gasteiger partial charge in [-0.3, -0.25) is 9.20 Å². The van der Waals surface area contributed by atoms with Crippen LogP contribution in [0.15, 0.2) is 48.8 Å². The van der Waals surface area contributed by atoms with Crippen LogP contribution in [0.1, 0.15) is 16.2 Å². The molecule has 0 aromatic carbocycles. The quantitative estimate of drug-likeness (QED) is 0.579. The molecule has 0 saturated heterocycles. The highest BCUT2D eigenvalue weighted by Gasteiger charge is 2.20. The number of anilines is 2. The summed E-state index contributed by atoms with van der Waals surface area (Å²) in [5.41, 5.74) is 1.91. The number of pyridine rings is 2. The van der Waals surface area contributed by atoms with Gasteiger partial charge in [0.2, 0.25) is 0 Å². The monoisotopic (exact) mass is 364 g/mol. The van der Waals surface area contributed by atoms with Crippen LogP contribution in [0.2, 0.25) is 0 Å². The Labute approximate surface area is 153 Å². The fourth-order valence-corrected chi connectivity index (χ4v) is 3.42. The number of hydrogen-bond acceptors (Lipinski definition) is 6. The molecule has 2 N–H and O–H groups in total. The maximum absolute atomic E-state index is 12.8. The van der Waals surface area contributed by atoms with Crippen molar-refractivity contribution in [2.45, 2.75) is 6.92 Å². The summed E-state index contributed by atoms with van der Waals surface area (Å²) < 4.78 is 1.89. The van der Waals surface area contributed by atoms with E-state index in [1.807, 2.05) is 54.9 Å². The molecule has 4 aromatic rings. The van der Waals surface area contributed by atoms with E-state index in [0.717, 1.165) is 21.2 Å². The number of aryl methyl sites for hydroxylation is 1. The molecule has 0 bridgehead atoms. The molecule has 0 radical (unpaired) electrons. The molecule has 0 atom stereocenters. The molecular formula is C18H16N6OS. The van der Waals surface area contributed by atoms with Gasteiger partial charge in [-0.25, -0.2) is 15.0 Å². The van der Waals surface area contributed by atoms with Gasteiger partial charge in [0.25, 0.3) is 5.91 Å². The van der Waals surface area contributed by atoms with Crippen molar-refractivity contribution >= 4 is 33.7 Å². The Bertz CT molecular complexity index is 1100. The maximum atomic E-state index is 12.8. The number of fused-ring (bicyclic) bond motifs is 1. The Kier molecular flexibility index (Phi) is 4.10. The molecule has 7 nitrogen and oxygen atoms in total. The predicted octanol–water partition coefficient (Wildman–Crippen LogP) is 3.46. The first-order chi connectivity index (χ1) is 12.7. The van der Waals surface area contributed by atoms with Crippen molar-refractivity contribution in [1.29, 1.82) is 0 Å². The topological polar surface area (TPSA) is 84.2 Å². The van der Waals surface area contributed by atoms with Crippen molar-refractivity contribution < 1.29 is 4.79 Å². The number of hydrogen-bond donors (Lipinski definition) is 2. The number of aromatic nitrogens is 4. The van der Waals surface area contributed by atoms with Crippen molar-refractivity contribution in [3.05, 3.63) is 60.2 Å². The Morgan fingerprint density at radius 2 is 2.04 bits per heavy atom. The maximum Gasteiger partial charge on any atom is 0.277 e. The second kappa shape index (κ2) is 6.57. The van der Waals surface area contributed by atoms with Crippen LogP contribution in [0.3, 0.4) is 0 Å². The molecule has 130 valence electrons. The molecule has 0 aliphatic heterocycles. The summed E-state index contributed by atoms with van der Waals surface area (Å²) in [5.74, 6) is 0.891. The summed E-state index contributed by atoms with van der Waals surface area (Å²) >= 11 is 1.48. The van der Waals surface area contributed by atoms with Gasteiger partial charge >= 0.3 is 0 Å². The van der Waals surface area contributed by atoms with Crippen LogP contribution >= 0.6 is 11.3 Å². The van der Waals surface area contributed by atoms with Gasteiger partial charge in [-0.2, -0.15) is 0 Å². The Hall–Kier alpha value is -3.26. The summed E-state index contributed by atoms with van der Waals surface area (Å²) in [5, 5.41) is 6.63. The number of imidazole rings is 1. The highest BCUT2D eigenvalue weighted by Crippen LogP contribution is 2.30. The Morgan fingerprint density at radius 1 is 1.15 bits per heavy atom. The molecule has 4 aromatic heterocycles. The largest absolute Gasteiger partial charge is 0.365 e. The van der Waals surface area contributed by atoms with E-state index in [1.165, 1.54) is 11.3 Å². The molecule has 0 aliphatic rings. The SMILES string of the molecule is CNc1ncc(-c2nc(C(=O)Nc3cccc(C)n3)c3ccccn23)s1. The minimum atomic E-state index is -0.295. The van der Waals surface area contributed by atoms with Crippen molar-refractivity contribution in [2.24, 2.45) is 0 Å². The van der Waals surface area contributed by atoms with Crippen LogP contribution in [0, 0.1) is 6.92 Å². The summed E-state index contributed by atoms with van der Waals surface area (Å²) in [6.45, 7) is 1.88. The molecule has 0 spiro atoms. The molecule has 0 saturated carbocycles. The van der Waals surface area contributed by atoms with Gasteiger partial charge in [0.05, 0.1) is 16.6 Å². The van der Waals surface area contributed by atoms with Gasteiger partial charge in [-0.05, 0) is 31.2 Å². The third-order valence-corrected chi connectivity index (χ3v) is 4.84. The lowest BCUT2D eigenvalue weighted by atomic mass is 10.3. The number of thiazole rings is 1. The summed E-state index contributed by atoms with van der Waals surface area (Å²) in [6.07, 6.45) is 3.64. The van der Waals surface area contributed by atoms with Gasteiger partial charge in [0, 0.05) is 18.9 Å². The summed E-state index contributed by atoms with van der Waals surface area (Å²) in [6, 6.07) is 11.1. The fraction of sp³-hybridized carbons (Fsp3) is 0.111. The minimum Gasteiger partial charge on any atom is -0.365 e. The van der Waals surface area contributed by atoms with Gasteiger partial charge in [-0.1, -0.05) is 23.5 Å². The molecule has 0 unspecified atom stereocenters. The van der Waals surface area contributed by atoms with Gasteiger partial charge in [0.1, 0.15) is 5.82 Å². The molecule has 1 amide bonds. The average Bonchev–Trinajstić information content (AvgIpc) is 3.26. The number of amides is 1. The zero-order valence-electron chi connectivity index (χ0n) is 14.2. The predicted molar refractivity (Wildman–Crippen MR) is 103 cm³/mol. The zero-order valence-corrected chi connectivity index (χ0v) is 15.0. The molecule has 0 fully saturated rings. The Morgan fingerprint density at radius 3 is 2.81 bits per heavy atom. The summed E-state index contributed by atoms with van der Waals surface area (Å²) in [7, 11) is 1.82. The highest BCUT2D eigenvalue weighted by molar-refractivity contribution is 7.18. The van der Waals surface area contributed by atoms with Crippen LogP contribution in [0.4, 0.5) is 10.9 Å². The van der Waals surface area contributed by atoms with Crippen molar-refractivity contribution in [1.82, 2.24) is 19.4 Å². The third kappa shape index (κ3) is 2.91. The second-order valence-electron chi connectivity index (χ2n) is 5.64. The number of carbonyl (C=O) groups excluding carboxylic acids is 1. The standard InChI is InChI=1S/C18H16N6OS/c1-11-6-5-8-14(21-11)22-17(25)15-12-7-3-4-9-24(12)16(23-15)13-10-20-18(19-2)26-13/h3-10H,1-2H3,(H,19,20)(H,21,22,25).